The van der Waals surface area contributed by atoms with E-state index in [-0.39, 0.29) is 6.61 Å². The van der Waals surface area contributed by atoms with Gasteiger partial charge in [-0.3, -0.25) is 0 Å². The minimum absolute atomic E-state index is 0.193. The maximum absolute atomic E-state index is 13.3. The Balaban J connectivity index is 1.61. The highest BCUT2D eigenvalue weighted by Crippen LogP contribution is 2.17. The molecule has 4 heteroatoms. The quantitative estimate of drug-likeness (QED) is 0.799. The summed E-state index contributed by atoms with van der Waals surface area (Å²) in [5.41, 5.74) is 0.402. The third-order valence-corrected chi connectivity index (χ3v) is 3.56. The van der Waals surface area contributed by atoms with Gasteiger partial charge in [-0.05, 0) is 18.9 Å². The zero-order valence-corrected chi connectivity index (χ0v) is 11.1. The zero-order valence-electron chi connectivity index (χ0n) is 11.1. The predicted molar refractivity (Wildman–Crippen MR) is 70.9 cm³/mol. The van der Waals surface area contributed by atoms with Crippen molar-refractivity contribution >= 4 is 0 Å². The van der Waals surface area contributed by atoms with E-state index in [1.165, 1.54) is 44.2 Å². The molecule has 1 fully saturated rings. The van der Waals surface area contributed by atoms with E-state index in [9.17, 15) is 8.78 Å². The molecule has 0 heterocycles. The number of hydrogen-bond acceptors (Lipinski definition) is 2. The Labute approximate surface area is 113 Å². The van der Waals surface area contributed by atoms with E-state index < -0.39 is 11.6 Å². The maximum Gasteiger partial charge on any atom is 0.131 e. The lowest BCUT2D eigenvalue weighted by atomic mass is 9.96. The molecule has 0 unspecified atom stereocenters. The van der Waals surface area contributed by atoms with Gasteiger partial charge in [0.25, 0.3) is 0 Å². The summed E-state index contributed by atoms with van der Waals surface area (Å²) in [5.74, 6) is -1.10. The minimum Gasteiger partial charge on any atom is -0.375 e. The van der Waals surface area contributed by atoms with E-state index in [0.717, 1.165) is 12.6 Å². The van der Waals surface area contributed by atoms with Gasteiger partial charge in [0.1, 0.15) is 11.6 Å². The third kappa shape index (κ3) is 4.88. The monoisotopic (exact) mass is 269 g/mol. The van der Waals surface area contributed by atoms with Crippen LogP contribution in [0, 0.1) is 11.6 Å². The van der Waals surface area contributed by atoms with Gasteiger partial charge >= 0.3 is 0 Å². The lowest BCUT2D eigenvalue weighted by Gasteiger charge is -2.22. The average molecular weight is 269 g/mol. The van der Waals surface area contributed by atoms with Gasteiger partial charge < -0.3 is 10.1 Å². The first kappa shape index (κ1) is 14.4. The molecule has 0 bridgehead atoms. The molecule has 1 aliphatic rings. The van der Waals surface area contributed by atoms with Gasteiger partial charge in [-0.2, -0.15) is 0 Å². The van der Waals surface area contributed by atoms with Crippen LogP contribution >= 0.6 is 0 Å². The van der Waals surface area contributed by atoms with Crippen LogP contribution in [0.5, 0.6) is 0 Å². The lowest BCUT2D eigenvalue weighted by Crippen LogP contribution is -2.33. The lowest BCUT2D eigenvalue weighted by molar-refractivity contribution is 0.117. The highest BCUT2D eigenvalue weighted by molar-refractivity contribution is 5.17. The summed E-state index contributed by atoms with van der Waals surface area (Å²) in [4.78, 5) is 0. The van der Waals surface area contributed by atoms with Crippen LogP contribution in [0.15, 0.2) is 18.2 Å². The van der Waals surface area contributed by atoms with Crippen molar-refractivity contribution in [2.75, 3.05) is 13.2 Å². The second kappa shape index (κ2) is 7.56. The van der Waals surface area contributed by atoms with Gasteiger partial charge in [0.2, 0.25) is 0 Å². The van der Waals surface area contributed by atoms with Crippen LogP contribution < -0.4 is 5.32 Å². The summed E-state index contributed by atoms with van der Waals surface area (Å²) in [6, 6.07) is 4.18. The molecule has 1 saturated carbocycles. The number of hydrogen-bond donors (Lipinski definition) is 1. The van der Waals surface area contributed by atoms with Crippen LogP contribution in [0.3, 0.4) is 0 Å². The summed E-state index contributed by atoms with van der Waals surface area (Å²) in [6.45, 7) is 1.53. The summed E-state index contributed by atoms with van der Waals surface area (Å²) in [7, 11) is 0. The molecule has 0 saturated heterocycles. The Morgan fingerprint density at radius 3 is 2.68 bits per heavy atom. The number of benzene rings is 1. The van der Waals surface area contributed by atoms with Gasteiger partial charge in [-0.1, -0.05) is 25.3 Å². The molecule has 1 aromatic rings. The Morgan fingerprint density at radius 1 is 1.16 bits per heavy atom. The fourth-order valence-corrected chi connectivity index (χ4v) is 2.46. The molecule has 0 spiro atoms. The van der Waals surface area contributed by atoms with E-state index in [0.29, 0.717) is 18.2 Å². The number of rotatable bonds is 6. The van der Waals surface area contributed by atoms with Crippen LogP contribution in [-0.2, 0) is 11.3 Å². The Hall–Kier alpha value is -1.00. The average Bonchev–Trinajstić information content (AvgIpc) is 2.42. The first-order valence-electron chi connectivity index (χ1n) is 7.01. The molecule has 1 aromatic carbocycles. The molecule has 1 N–H and O–H groups in total. The van der Waals surface area contributed by atoms with E-state index in [1.54, 1.807) is 0 Å². The van der Waals surface area contributed by atoms with Crippen LogP contribution in [0.2, 0.25) is 0 Å². The van der Waals surface area contributed by atoms with E-state index in [4.69, 9.17) is 4.74 Å². The SMILES string of the molecule is Fc1ccc(COCCNC2CCCCC2)c(F)c1. The van der Waals surface area contributed by atoms with Crippen molar-refractivity contribution in [3.63, 3.8) is 0 Å². The third-order valence-electron chi connectivity index (χ3n) is 3.56. The summed E-state index contributed by atoms with van der Waals surface area (Å²) in [6.07, 6.45) is 6.44. The maximum atomic E-state index is 13.3. The summed E-state index contributed by atoms with van der Waals surface area (Å²) >= 11 is 0. The van der Waals surface area contributed by atoms with E-state index >= 15 is 0 Å². The van der Waals surface area contributed by atoms with Crippen molar-refractivity contribution in [2.24, 2.45) is 0 Å². The van der Waals surface area contributed by atoms with Gasteiger partial charge in [-0.25, -0.2) is 8.78 Å². The van der Waals surface area contributed by atoms with Gasteiger partial charge in [-0.15, -0.1) is 0 Å². The fraction of sp³-hybridized carbons (Fsp3) is 0.600. The van der Waals surface area contributed by atoms with Crippen LogP contribution in [-0.4, -0.2) is 19.2 Å². The molecule has 0 atom stereocenters. The molecular weight excluding hydrogens is 248 g/mol. The number of nitrogens with one attached hydrogen (secondary N) is 1. The number of halogens is 2. The molecule has 0 aliphatic heterocycles. The smallest absolute Gasteiger partial charge is 0.131 e. The first-order valence-corrected chi connectivity index (χ1v) is 7.01. The van der Waals surface area contributed by atoms with Crippen molar-refractivity contribution in [1.82, 2.24) is 5.32 Å². The highest BCUT2D eigenvalue weighted by atomic mass is 19.1. The van der Waals surface area contributed by atoms with E-state index in [1.807, 2.05) is 0 Å². The summed E-state index contributed by atoms with van der Waals surface area (Å²) < 4.78 is 31.4. The van der Waals surface area contributed by atoms with Crippen molar-refractivity contribution in [3.05, 3.63) is 35.4 Å². The van der Waals surface area contributed by atoms with Crippen molar-refractivity contribution in [2.45, 2.75) is 44.8 Å². The molecule has 19 heavy (non-hydrogen) atoms. The Morgan fingerprint density at radius 2 is 1.95 bits per heavy atom. The second-order valence-electron chi connectivity index (χ2n) is 5.08. The molecule has 2 nitrogen and oxygen atoms in total. The van der Waals surface area contributed by atoms with Gasteiger partial charge in [0, 0.05) is 24.2 Å². The van der Waals surface area contributed by atoms with Crippen molar-refractivity contribution in [1.29, 1.82) is 0 Å². The molecule has 2 rings (SSSR count). The molecule has 0 radical (unpaired) electrons. The topological polar surface area (TPSA) is 21.3 Å². The van der Waals surface area contributed by atoms with Crippen LogP contribution in [0.25, 0.3) is 0 Å². The first-order chi connectivity index (χ1) is 9.25. The van der Waals surface area contributed by atoms with E-state index in [2.05, 4.69) is 5.32 Å². The second-order valence-corrected chi connectivity index (χ2v) is 5.08. The Bertz CT molecular complexity index is 392. The van der Waals surface area contributed by atoms with Gasteiger partial charge in [0.05, 0.1) is 13.2 Å². The standard InChI is InChI=1S/C15H21F2NO/c16-13-7-6-12(15(17)10-13)11-19-9-8-18-14-4-2-1-3-5-14/h6-7,10,14,18H,1-5,8-9,11H2. The molecule has 1 aliphatic carbocycles. The molecule has 0 aromatic heterocycles. The Kier molecular flexibility index (Phi) is 5.73. The van der Waals surface area contributed by atoms with Crippen LogP contribution in [0.1, 0.15) is 37.7 Å². The van der Waals surface area contributed by atoms with Crippen LogP contribution in [0.4, 0.5) is 8.78 Å². The normalized spacial score (nSPS) is 16.7. The molecular formula is C15H21F2NO. The molecule has 0 amide bonds. The van der Waals surface area contributed by atoms with Crippen molar-refractivity contribution in [3.8, 4) is 0 Å². The highest BCUT2D eigenvalue weighted by Gasteiger charge is 2.11. The van der Waals surface area contributed by atoms with Crippen molar-refractivity contribution < 1.29 is 13.5 Å². The predicted octanol–water partition coefficient (Wildman–Crippen LogP) is 3.40. The minimum atomic E-state index is -0.555. The van der Waals surface area contributed by atoms with Gasteiger partial charge in [0.15, 0.2) is 0 Å². The number of ether oxygens (including phenoxy) is 1. The fourth-order valence-electron chi connectivity index (χ4n) is 2.46. The zero-order chi connectivity index (χ0) is 13.5. The largest absolute Gasteiger partial charge is 0.375 e. The molecule has 106 valence electrons. The summed E-state index contributed by atoms with van der Waals surface area (Å²) in [5, 5.41) is 3.45.